The predicted molar refractivity (Wildman–Crippen MR) is 61.1 cm³/mol. The highest BCUT2D eigenvalue weighted by Crippen LogP contribution is 2.34. The average molecular weight is 222 g/mol. The zero-order valence-corrected chi connectivity index (χ0v) is 9.77. The van der Waals surface area contributed by atoms with E-state index < -0.39 is 5.60 Å². The number of aryl methyl sites for hydroxylation is 1. The molecule has 0 unspecified atom stereocenters. The van der Waals surface area contributed by atoms with E-state index >= 15 is 0 Å². The molecule has 0 radical (unpaired) electrons. The Bertz CT molecular complexity index is 364. The quantitative estimate of drug-likeness (QED) is 0.831. The van der Waals surface area contributed by atoms with Gasteiger partial charge < -0.3 is 14.6 Å². The Balaban J connectivity index is 2.23. The Kier molecular flexibility index (Phi) is 3.28. The molecule has 1 N–H and O–H groups in total. The van der Waals surface area contributed by atoms with Gasteiger partial charge in [0.1, 0.15) is 0 Å². The van der Waals surface area contributed by atoms with Gasteiger partial charge in [0.2, 0.25) is 0 Å². The fourth-order valence-electron chi connectivity index (χ4n) is 2.14. The molecule has 1 aromatic carbocycles. The zero-order valence-electron chi connectivity index (χ0n) is 9.77. The van der Waals surface area contributed by atoms with Crippen LogP contribution in [0.3, 0.4) is 0 Å². The first kappa shape index (κ1) is 11.6. The molecular formula is C13H18O3. The van der Waals surface area contributed by atoms with E-state index in [0.29, 0.717) is 19.4 Å². The van der Waals surface area contributed by atoms with Crippen molar-refractivity contribution >= 4 is 0 Å². The summed E-state index contributed by atoms with van der Waals surface area (Å²) in [6.45, 7) is 2.56. The number of rotatable bonds is 2. The molecule has 1 aliphatic rings. The van der Waals surface area contributed by atoms with E-state index in [-0.39, 0.29) is 6.29 Å². The molecule has 1 saturated heterocycles. The lowest BCUT2D eigenvalue weighted by Gasteiger charge is -2.36. The second-order valence-electron chi connectivity index (χ2n) is 4.39. The summed E-state index contributed by atoms with van der Waals surface area (Å²) in [5, 5.41) is 10.6. The first-order valence-corrected chi connectivity index (χ1v) is 5.58. The fraction of sp³-hybridized carbons (Fsp3) is 0.538. The summed E-state index contributed by atoms with van der Waals surface area (Å²) in [4.78, 5) is 0. The number of ether oxygens (including phenoxy) is 2. The molecule has 2 atom stereocenters. The van der Waals surface area contributed by atoms with Crippen molar-refractivity contribution in [3.05, 3.63) is 35.4 Å². The molecule has 0 spiro atoms. The molecule has 1 heterocycles. The molecule has 3 heteroatoms. The van der Waals surface area contributed by atoms with Gasteiger partial charge in [0, 0.05) is 20.0 Å². The van der Waals surface area contributed by atoms with Crippen molar-refractivity contribution in [2.45, 2.75) is 31.7 Å². The monoisotopic (exact) mass is 222 g/mol. The SMILES string of the molecule is CO[C@H]1C[C@@](O)(c2cccc(C)c2)CCO1. The van der Waals surface area contributed by atoms with E-state index in [1.165, 1.54) is 0 Å². The normalized spacial score (nSPS) is 30.3. The number of benzene rings is 1. The third kappa shape index (κ3) is 2.26. The molecule has 3 nitrogen and oxygen atoms in total. The van der Waals surface area contributed by atoms with Crippen molar-refractivity contribution in [3.63, 3.8) is 0 Å². The van der Waals surface area contributed by atoms with Crippen molar-refractivity contribution < 1.29 is 14.6 Å². The van der Waals surface area contributed by atoms with Gasteiger partial charge in [0.05, 0.1) is 12.2 Å². The Hall–Kier alpha value is -0.900. The molecule has 16 heavy (non-hydrogen) atoms. The standard InChI is InChI=1S/C13H18O3/c1-10-4-3-5-11(8-10)13(14)6-7-16-12(9-13)15-2/h3-5,8,12,14H,6-7,9H2,1-2H3/t12-,13-/m1/s1. The van der Waals surface area contributed by atoms with Crippen LogP contribution in [0.25, 0.3) is 0 Å². The third-order valence-electron chi connectivity index (χ3n) is 3.14. The number of aliphatic hydroxyl groups is 1. The minimum absolute atomic E-state index is 0.306. The van der Waals surface area contributed by atoms with Crippen LogP contribution in [0.1, 0.15) is 24.0 Å². The van der Waals surface area contributed by atoms with E-state index in [1.807, 2.05) is 31.2 Å². The van der Waals surface area contributed by atoms with Crippen LogP contribution in [0.4, 0.5) is 0 Å². The highest BCUT2D eigenvalue weighted by molar-refractivity contribution is 5.27. The second-order valence-corrected chi connectivity index (χ2v) is 4.39. The number of hydrogen-bond acceptors (Lipinski definition) is 3. The van der Waals surface area contributed by atoms with Crippen LogP contribution in [0.5, 0.6) is 0 Å². The van der Waals surface area contributed by atoms with Crippen LogP contribution in [-0.2, 0) is 15.1 Å². The molecule has 0 aromatic heterocycles. The largest absolute Gasteiger partial charge is 0.385 e. The Morgan fingerprint density at radius 2 is 2.31 bits per heavy atom. The van der Waals surface area contributed by atoms with Crippen molar-refractivity contribution in [1.29, 1.82) is 0 Å². The molecule has 0 bridgehead atoms. The molecule has 2 rings (SSSR count). The Morgan fingerprint density at radius 1 is 1.50 bits per heavy atom. The highest BCUT2D eigenvalue weighted by Gasteiger charge is 2.36. The first-order chi connectivity index (χ1) is 7.64. The summed E-state index contributed by atoms with van der Waals surface area (Å²) in [5.41, 5.74) is 1.30. The van der Waals surface area contributed by atoms with Gasteiger partial charge in [0.25, 0.3) is 0 Å². The van der Waals surface area contributed by atoms with Gasteiger partial charge in [-0.3, -0.25) is 0 Å². The Labute approximate surface area is 96.0 Å². The predicted octanol–water partition coefficient (Wildman–Crippen LogP) is 1.97. The molecule has 88 valence electrons. The average Bonchev–Trinajstić information content (AvgIpc) is 2.29. The summed E-state index contributed by atoms with van der Waals surface area (Å²) in [7, 11) is 1.60. The lowest BCUT2D eigenvalue weighted by Crippen LogP contribution is -2.39. The number of hydrogen-bond donors (Lipinski definition) is 1. The van der Waals surface area contributed by atoms with Crippen LogP contribution in [0, 0.1) is 6.92 Å². The van der Waals surface area contributed by atoms with Gasteiger partial charge in [-0.1, -0.05) is 29.8 Å². The van der Waals surface area contributed by atoms with Crippen LogP contribution in [0.2, 0.25) is 0 Å². The molecular weight excluding hydrogens is 204 g/mol. The van der Waals surface area contributed by atoms with Gasteiger partial charge in [0.15, 0.2) is 6.29 Å². The van der Waals surface area contributed by atoms with E-state index in [9.17, 15) is 5.11 Å². The van der Waals surface area contributed by atoms with Crippen molar-refractivity contribution in [2.75, 3.05) is 13.7 Å². The van der Waals surface area contributed by atoms with Gasteiger partial charge in [-0.05, 0) is 12.5 Å². The topological polar surface area (TPSA) is 38.7 Å². The first-order valence-electron chi connectivity index (χ1n) is 5.58. The smallest absolute Gasteiger partial charge is 0.160 e. The van der Waals surface area contributed by atoms with E-state index in [4.69, 9.17) is 9.47 Å². The van der Waals surface area contributed by atoms with Crippen molar-refractivity contribution in [2.24, 2.45) is 0 Å². The van der Waals surface area contributed by atoms with Crippen molar-refractivity contribution in [3.8, 4) is 0 Å². The molecule has 1 aliphatic heterocycles. The zero-order chi connectivity index (χ0) is 11.6. The summed E-state index contributed by atoms with van der Waals surface area (Å²) in [6.07, 6.45) is 0.808. The molecule has 1 aromatic rings. The maximum atomic E-state index is 10.6. The molecule has 0 amide bonds. The summed E-state index contributed by atoms with van der Waals surface area (Å²) in [6, 6.07) is 7.99. The highest BCUT2D eigenvalue weighted by atomic mass is 16.7. The van der Waals surface area contributed by atoms with Crippen LogP contribution in [-0.4, -0.2) is 25.1 Å². The lowest BCUT2D eigenvalue weighted by molar-refractivity contribution is -0.202. The molecule has 0 saturated carbocycles. The maximum absolute atomic E-state index is 10.6. The lowest BCUT2D eigenvalue weighted by atomic mass is 9.85. The molecule has 1 fully saturated rings. The van der Waals surface area contributed by atoms with E-state index in [2.05, 4.69) is 0 Å². The van der Waals surface area contributed by atoms with Crippen LogP contribution < -0.4 is 0 Å². The third-order valence-corrected chi connectivity index (χ3v) is 3.14. The summed E-state index contributed by atoms with van der Waals surface area (Å²) in [5.74, 6) is 0. The molecule has 0 aliphatic carbocycles. The maximum Gasteiger partial charge on any atom is 0.160 e. The van der Waals surface area contributed by atoms with E-state index in [1.54, 1.807) is 7.11 Å². The number of methoxy groups -OCH3 is 1. The minimum Gasteiger partial charge on any atom is -0.385 e. The van der Waals surface area contributed by atoms with Gasteiger partial charge in [-0.25, -0.2) is 0 Å². The minimum atomic E-state index is -0.815. The van der Waals surface area contributed by atoms with Crippen LogP contribution in [0.15, 0.2) is 24.3 Å². The van der Waals surface area contributed by atoms with Gasteiger partial charge in [-0.2, -0.15) is 0 Å². The second kappa shape index (κ2) is 4.53. The van der Waals surface area contributed by atoms with E-state index in [0.717, 1.165) is 11.1 Å². The van der Waals surface area contributed by atoms with Crippen molar-refractivity contribution in [1.82, 2.24) is 0 Å². The Morgan fingerprint density at radius 3 is 3.00 bits per heavy atom. The fourth-order valence-corrected chi connectivity index (χ4v) is 2.14. The summed E-state index contributed by atoms with van der Waals surface area (Å²) >= 11 is 0. The summed E-state index contributed by atoms with van der Waals surface area (Å²) < 4.78 is 10.5. The van der Waals surface area contributed by atoms with Crippen LogP contribution >= 0.6 is 0 Å². The van der Waals surface area contributed by atoms with Gasteiger partial charge in [-0.15, -0.1) is 0 Å². The van der Waals surface area contributed by atoms with Gasteiger partial charge >= 0.3 is 0 Å².